The summed E-state index contributed by atoms with van der Waals surface area (Å²) in [6, 6.07) is 0. The molecule has 0 spiro atoms. The lowest BCUT2D eigenvalue weighted by Crippen LogP contribution is -2.61. The van der Waals surface area contributed by atoms with Crippen molar-refractivity contribution in [2.24, 2.45) is 11.3 Å². The molecule has 1 aliphatic heterocycles. The molecule has 1 aliphatic carbocycles. The van der Waals surface area contributed by atoms with Crippen molar-refractivity contribution in [3.05, 3.63) is 0 Å². The zero-order valence-corrected chi connectivity index (χ0v) is 12.2. The fourth-order valence-corrected chi connectivity index (χ4v) is 3.25. The molecule has 0 aromatic rings. The zero-order valence-electron chi connectivity index (χ0n) is 12.2. The highest BCUT2D eigenvalue weighted by Crippen LogP contribution is 2.41. The van der Waals surface area contributed by atoms with Crippen LogP contribution in [0.5, 0.6) is 0 Å². The molecule has 110 valence electrons. The van der Waals surface area contributed by atoms with Gasteiger partial charge in [-0.05, 0) is 39.5 Å². The molecule has 5 heteroatoms. The first kappa shape index (κ1) is 14.6. The summed E-state index contributed by atoms with van der Waals surface area (Å²) in [4.78, 5) is 11.7. The maximum atomic E-state index is 11.7. The molecule has 2 aliphatic rings. The van der Waals surface area contributed by atoms with Crippen LogP contribution in [0.2, 0.25) is 0 Å². The van der Waals surface area contributed by atoms with Crippen molar-refractivity contribution in [2.45, 2.75) is 51.7 Å². The number of nitrogens with one attached hydrogen (secondary N) is 2. The van der Waals surface area contributed by atoms with Gasteiger partial charge in [-0.3, -0.25) is 0 Å². The number of aliphatic hydroxyl groups is 1. The van der Waals surface area contributed by atoms with Crippen LogP contribution >= 0.6 is 0 Å². The van der Waals surface area contributed by atoms with Crippen LogP contribution in [-0.2, 0) is 4.74 Å². The topological polar surface area (TPSA) is 70.6 Å². The Morgan fingerprint density at radius 1 is 1.53 bits per heavy atom. The number of piperidine rings is 1. The molecule has 0 aromatic heterocycles. The first-order valence-electron chi connectivity index (χ1n) is 7.18. The Morgan fingerprint density at radius 3 is 2.95 bits per heavy atom. The maximum Gasteiger partial charge on any atom is 0.407 e. The van der Waals surface area contributed by atoms with Gasteiger partial charge in [-0.15, -0.1) is 0 Å². The van der Waals surface area contributed by atoms with E-state index < -0.39 is 11.7 Å². The minimum atomic E-state index is -0.486. The van der Waals surface area contributed by atoms with Crippen LogP contribution in [0.25, 0.3) is 0 Å². The summed E-state index contributed by atoms with van der Waals surface area (Å²) in [7, 11) is 0. The molecular formula is C14H26N2O3. The van der Waals surface area contributed by atoms with Gasteiger partial charge in [0, 0.05) is 25.0 Å². The van der Waals surface area contributed by atoms with E-state index >= 15 is 0 Å². The minimum Gasteiger partial charge on any atom is -0.444 e. The number of carbonyl (C=O) groups excluding carboxylic acids is 1. The van der Waals surface area contributed by atoms with Crippen LogP contribution in [0, 0.1) is 11.3 Å². The fourth-order valence-electron chi connectivity index (χ4n) is 3.25. The van der Waals surface area contributed by atoms with Crippen LogP contribution in [0.3, 0.4) is 0 Å². The van der Waals surface area contributed by atoms with Crippen molar-refractivity contribution in [3.8, 4) is 0 Å². The van der Waals surface area contributed by atoms with Crippen molar-refractivity contribution in [3.63, 3.8) is 0 Å². The molecule has 0 unspecified atom stereocenters. The third-order valence-corrected chi connectivity index (χ3v) is 4.19. The second-order valence-electron chi connectivity index (χ2n) is 6.95. The van der Waals surface area contributed by atoms with Crippen molar-refractivity contribution in [1.29, 1.82) is 0 Å². The summed E-state index contributed by atoms with van der Waals surface area (Å²) in [5, 5.41) is 16.7. The molecule has 3 atom stereocenters. The highest BCUT2D eigenvalue weighted by molar-refractivity contribution is 5.67. The summed E-state index contributed by atoms with van der Waals surface area (Å²) in [5.41, 5.74) is -0.710. The van der Waals surface area contributed by atoms with Crippen LogP contribution in [0.4, 0.5) is 4.79 Å². The molecule has 3 N–H and O–H groups in total. The molecule has 1 heterocycles. The van der Waals surface area contributed by atoms with Gasteiger partial charge < -0.3 is 20.5 Å². The summed E-state index contributed by atoms with van der Waals surface area (Å²) < 4.78 is 5.25. The average molecular weight is 270 g/mol. The van der Waals surface area contributed by atoms with Crippen molar-refractivity contribution < 1.29 is 14.6 Å². The molecule has 1 saturated heterocycles. The monoisotopic (exact) mass is 270 g/mol. The molecule has 0 aromatic carbocycles. The zero-order chi connectivity index (χ0) is 14.1. The average Bonchev–Trinajstić information content (AvgIpc) is 2.25. The fraction of sp³-hybridized carbons (Fsp3) is 0.929. The molecule has 2 bridgehead atoms. The van der Waals surface area contributed by atoms with Gasteiger partial charge in [0.05, 0.1) is 6.10 Å². The van der Waals surface area contributed by atoms with Gasteiger partial charge in [0.25, 0.3) is 0 Å². The van der Waals surface area contributed by atoms with Crippen LogP contribution in [0.1, 0.15) is 40.0 Å². The first-order valence-corrected chi connectivity index (χ1v) is 7.18. The Bertz CT molecular complexity index is 328. The van der Waals surface area contributed by atoms with Gasteiger partial charge in [0.1, 0.15) is 5.60 Å². The molecule has 1 saturated carbocycles. The Hall–Kier alpha value is -0.810. The quantitative estimate of drug-likeness (QED) is 0.706. The van der Waals surface area contributed by atoms with Crippen LogP contribution in [0.15, 0.2) is 0 Å². The van der Waals surface area contributed by atoms with E-state index in [0.717, 1.165) is 32.4 Å². The van der Waals surface area contributed by atoms with Gasteiger partial charge in [-0.1, -0.05) is 6.42 Å². The number of fused-ring (bicyclic) bond motifs is 2. The van der Waals surface area contributed by atoms with Crippen molar-refractivity contribution in [2.75, 3.05) is 19.6 Å². The van der Waals surface area contributed by atoms with Gasteiger partial charge in [0.15, 0.2) is 0 Å². The van der Waals surface area contributed by atoms with Crippen LogP contribution < -0.4 is 10.6 Å². The Kier molecular flexibility index (Phi) is 4.06. The number of alkyl carbamates (subject to hydrolysis) is 1. The van der Waals surface area contributed by atoms with Crippen molar-refractivity contribution in [1.82, 2.24) is 10.6 Å². The normalized spacial score (nSPS) is 34.7. The lowest BCUT2D eigenvalue weighted by atomic mass is 9.65. The number of amides is 1. The standard InChI is InChI=1S/C14H26N2O3/c1-13(2,3)19-12(18)16-9-14-6-4-5-10(11(14)17)7-15-8-14/h10-11,15,17H,4-9H2,1-3H3,(H,16,18)/t10-,11+,14-/m1/s1. The van der Waals surface area contributed by atoms with E-state index in [1.54, 1.807) is 0 Å². The molecule has 5 nitrogen and oxygen atoms in total. The number of aliphatic hydroxyl groups excluding tert-OH is 1. The lowest BCUT2D eigenvalue weighted by Gasteiger charge is -2.49. The number of ether oxygens (including phenoxy) is 1. The highest BCUT2D eigenvalue weighted by Gasteiger charge is 2.47. The number of rotatable bonds is 2. The Balaban J connectivity index is 1.92. The molecular weight excluding hydrogens is 244 g/mol. The molecule has 2 rings (SSSR count). The first-order chi connectivity index (χ1) is 8.82. The molecule has 1 amide bonds. The van der Waals surface area contributed by atoms with Gasteiger partial charge >= 0.3 is 6.09 Å². The largest absolute Gasteiger partial charge is 0.444 e. The van der Waals surface area contributed by atoms with E-state index in [-0.39, 0.29) is 11.5 Å². The molecule has 2 fully saturated rings. The third-order valence-electron chi connectivity index (χ3n) is 4.19. The second-order valence-corrected chi connectivity index (χ2v) is 6.95. The van der Waals surface area contributed by atoms with E-state index in [1.807, 2.05) is 20.8 Å². The predicted octanol–water partition coefficient (Wildman–Crippen LogP) is 1.26. The Morgan fingerprint density at radius 2 is 2.26 bits per heavy atom. The summed E-state index contributed by atoms with van der Waals surface area (Å²) >= 11 is 0. The Labute approximate surface area is 115 Å². The number of hydrogen-bond donors (Lipinski definition) is 3. The van der Waals surface area contributed by atoms with E-state index in [2.05, 4.69) is 10.6 Å². The smallest absolute Gasteiger partial charge is 0.407 e. The highest BCUT2D eigenvalue weighted by atomic mass is 16.6. The minimum absolute atomic E-state index is 0.224. The van der Waals surface area contributed by atoms with E-state index in [4.69, 9.17) is 4.74 Å². The molecule has 0 radical (unpaired) electrons. The van der Waals surface area contributed by atoms with E-state index in [1.165, 1.54) is 0 Å². The third kappa shape index (κ3) is 3.39. The molecule has 19 heavy (non-hydrogen) atoms. The lowest BCUT2D eigenvalue weighted by molar-refractivity contribution is -0.0724. The van der Waals surface area contributed by atoms with E-state index in [9.17, 15) is 9.90 Å². The van der Waals surface area contributed by atoms with Gasteiger partial charge in [-0.2, -0.15) is 0 Å². The SMILES string of the molecule is CC(C)(C)OC(=O)NC[C@@]12CCC[C@H](CNC1)[C@@H]2O. The summed E-state index contributed by atoms with van der Waals surface area (Å²) in [5.74, 6) is 0.322. The van der Waals surface area contributed by atoms with E-state index in [0.29, 0.717) is 12.5 Å². The number of hydrogen-bond acceptors (Lipinski definition) is 4. The number of carbonyl (C=O) groups is 1. The van der Waals surface area contributed by atoms with Gasteiger partial charge in [-0.25, -0.2) is 4.79 Å². The summed E-state index contributed by atoms with van der Waals surface area (Å²) in [6.07, 6.45) is 2.43. The van der Waals surface area contributed by atoms with Crippen LogP contribution in [-0.4, -0.2) is 42.5 Å². The van der Waals surface area contributed by atoms with Gasteiger partial charge in [0.2, 0.25) is 0 Å². The van der Waals surface area contributed by atoms with Crippen molar-refractivity contribution >= 4 is 6.09 Å². The summed E-state index contributed by atoms with van der Waals surface area (Å²) in [6.45, 7) is 7.66. The predicted molar refractivity (Wildman–Crippen MR) is 72.9 cm³/mol. The maximum absolute atomic E-state index is 11.7. The second kappa shape index (κ2) is 5.29.